The Bertz CT molecular complexity index is 1490. The highest BCUT2D eigenvalue weighted by molar-refractivity contribution is 5.99. The van der Waals surface area contributed by atoms with Crippen molar-refractivity contribution in [1.82, 2.24) is 9.88 Å². The SMILES string of the molecule is CC(C)N1C(=O)COc2c(F)cc(-c3nc(Nc4ccc(N5CCC(N(C)C)CC5)c(F)c4)ccc3C(F)(F)F)cc21. The van der Waals surface area contributed by atoms with Crippen LogP contribution in [0.15, 0.2) is 42.5 Å². The Balaban J connectivity index is 1.47. The van der Waals surface area contributed by atoms with Gasteiger partial charge in [0.1, 0.15) is 11.6 Å². The fraction of sp³-hybridized carbons (Fsp3) is 0.400. The van der Waals surface area contributed by atoms with Gasteiger partial charge in [-0.2, -0.15) is 13.2 Å². The maximum Gasteiger partial charge on any atom is 0.418 e. The number of carbonyl (C=O) groups excluding carboxylic acids is 1. The van der Waals surface area contributed by atoms with Crippen LogP contribution in [-0.2, 0) is 11.0 Å². The van der Waals surface area contributed by atoms with Gasteiger partial charge in [-0.1, -0.05) is 0 Å². The lowest BCUT2D eigenvalue weighted by Crippen LogP contribution is -2.43. The molecule has 0 bridgehead atoms. The summed E-state index contributed by atoms with van der Waals surface area (Å²) in [5.74, 6) is -2.03. The molecule has 1 saturated heterocycles. The number of rotatable bonds is 6. The number of hydrogen-bond donors (Lipinski definition) is 1. The van der Waals surface area contributed by atoms with Crippen molar-refractivity contribution in [3.05, 3.63) is 59.7 Å². The average Bonchev–Trinajstić information content (AvgIpc) is 2.92. The molecule has 0 spiro atoms. The Morgan fingerprint density at radius 1 is 1.00 bits per heavy atom. The van der Waals surface area contributed by atoms with Crippen LogP contribution in [0.1, 0.15) is 32.3 Å². The van der Waals surface area contributed by atoms with E-state index in [0.29, 0.717) is 30.5 Å². The van der Waals surface area contributed by atoms with Crippen molar-refractivity contribution in [3.63, 3.8) is 0 Å². The first-order valence-corrected chi connectivity index (χ1v) is 13.7. The molecule has 0 atom stereocenters. The van der Waals surface area contributed by atoms with Gasteiger partial charge in [0, 0.05) is 36.4 Å². The van der Waals surface area contributed by atoms with Crippen molar-refractivity contribution in [2.45, 2.75) is 44.9 Å². The fourth-order valence-corrected chi connectivity index (χ4v) is 5.53. The molecule has 224 valence electrons. The lowest BCUT2D eigenvalue weighted by atomic mass is 10.0. The number of nitrogens with zero attached hydrogens (tertiary/aromatic N) is 4. The number of anilines is 4. The second-order valence-corrected chi connectivity index (χ2v) is 11.0. The molecule has 1 fully saturated rings. The van der Waals surface area contributed by atoms with E-state index in [0.717, 1.165) is 31.0 Å². The molecular weight excluding hydrogens is 557 g/mol. The lowest BCUT2D eigenvalue weighted by molar-refractivity contribution is -0.137. The summed E-state index contributed by atoms with van der Waals surface area (Å²) in [5.41, 5.74) is -1.05. The van der Waals surface area contributed by atoms with Gasteiger partial charge >= 0.3 is 6.18 Å². The van der Waals surface area contributed by atoms with Crippen LogP contribution in [0.5, 0.6) is 5.75 Å². The van der Waals surface area contributed by atoms with Crippen molar-refractivity contribution in [1.29, 1.82) is 0 Å². The summed E-state index contributed by atoms with van der Waals surface area (Å²) in [4.78, 5) is 22.1. The van der Waals surface area contributed by atoms with Crippen LogP contribution in [-0.4, -0.2) is 61.7 Å². The fourth-order valence-electron chi connectivity index (χ4n) is 5.53. The Morgan fingerprint density at radius 3 is 2.33 bits per heavy atom. The van der Waals surface area contributed by atoms with Crippen molar-refractivity contribution in [3.8, 4) is 17.0 Å². The van der Waals surface area contributed by atoms with Gasteiger partial charge in [-0.15, -0.1) is 0 Å². The molecule has 2 aliphatic rings. The molecule has 1 aromatic heterocycles. The standard InChI is InChI=1S/C30H32F5N5O2/c1-17(2)40-25-14-18(13-23(32)29(25)42-16-27(40)41)28-21(30(33,34)35)6-8-26(37-28)36-19-5-7-24(22(31)15-19)39-11-9-20(10-12-39)38(3)4/h5-8,13-15,17,20H,9-12,16H2,1-4H3,(H,36,37). The first-order valence-electron chi connectivity index (χ1n) is 13.7. The summed E-state index contributed by atoms with van der Waals surface area (Å²) in [5, 5.41) is 2.87. The summed E-state index contributed by atoms with van der Waals surface area (Å²) >= 11 is 0. The van der Waals surface area contributed by atoms with Gasteiger partial charge in [-0.05, 0) is 83.2 Å². The van der Waals surface area contributed by atoms with Gasteiger partial charge < -0.3 is 24.8 Å². The second kappa shape index (κ2) is 11.4. The first-order chi connectivity index (χ1) is 19.8. The van der Waals surface area contributed by atoms with Crippen molar-refractivity contribution < 1.29 is 31.5 Å². The summed E-state index contributed by atoms with van der Waals surface area (Å²) < 4.78 is 77.6. The van der Waals surface area contributed by atoms with Crippen molar-refractivity contribution in [2.24, 2.45) is 0 Å². The average molecular weight is 590 g/mol. The van der Waals surface area contributed by atoms with Crippen LogP contribution < -0.4 is 19.9 Å². The maximum absolute atomic E-state index is 15.1. The molecule has 2 aromatic carbocycles. The number of hydrogen-bond acceptors (Lipinski definition) is 6. The topological polar surface area (TPSA) is 60.9 Å². The number of benzene rings is 2. The van der Waals surface area contributed by atoms with E-state index in [1.54, 1.807) is 26.0 Å². The van der Waals surface area contributed by atoms with Crippen LogP contribution in [0.25, 0.3) is 11.3 Å². The van der Waals surface area contributed by atoms with E-state index >= 15 is 8.78 Å². The Labute approximate surface area is 240 Å². The highest BCUT2D eigenvalue weighted by atomic mass is 19.4. The quantitative estimate of drug-likeness (QED) is 0.334. The smallest absolute Gasteiger partial charge is 0.418 e. The first kappa shape index (κ1) is 29.6. The molecule has 1 amide bonds. The molecule has 1 N–H and O–H groups in total. The minimum Gasteiger partial charge on any atom is -0.478 e. The van der Waals surface area contributed by atoms with Gasteiger partial charge in [0.2, 0.25) is 0 Å². The minimum absolute atomic E-state index is 0.00289. The number of nitrogens with one attached hydrogen (secondary N) is 1. The number of aromatic nitrogens is 1. The number of pyridine rings is 1. The van der Waals surface area contributed by atoms with Gasteiger partial charge in [0.15, 0.2) is 18.2 Å². The van der Waals surface area contributed by atoms with E-state index in [1.165, 1.54) is 17.0 Å². The van der Waals surface area contributed by atoms with Crippen molar-refractivity contribution in [2.75, 3.05) is 48.9 Å². The molecule has 0 unspecified atom stereocenters. The molecule has 3 heterocycles. The van der Waals surface area contributed by atoms with Gasteiger partial charge in [-0.25, -0.2) is 13.8 Å². The van der Waals surface area contributed by atoms with Crippen LogP contribution in [0.4, 0.5) is 44.8 Å². The second-order valence-electron chi connectivity index (χ2n) is 11.0. The normalized spacial score (nSPS) is 16.2. The third-order valence-corrected chi connectivity index (χ3v) is 7.64. The highest BCUT2D eigenvalue weighted by Gasteiger charge is 2.36. The molecule has 0 saturated carbocycles. The third kappa shape index (κ3) is 5.85. The van der Waals surface area contributed by atoms with Crippen molar-refractivity contribution >= 4 is 28.8 Å². The number of fused-ring (bicyclic) bond motifs is 1. The largest absolute Gasteiger partial charge is 0.478 e. The lowest BCUT2D eigenvalue weighted by Gasteiger charge is -2.36. The molecule has 5 rings (SSSR count). The number of ether oxygens (including phenoxy) is 1. The molecule has 12 heteroatoms. The summed E-state index contributed by atoms with van der Waals surface area (Å²) in [7, 11) is 4.06. The minimum atomic E-state index is -4.80. The predicted octanol–water partition coefficient (Wildman–Crippen LogP) is 6.45. The van der Waals surface area contributed by atoms with E-state index in [4.69, 9.17) is 4.74 Å². The molecular formula is C30H32F5N5O2. The number of piperidine rings is 1. The zero-order valence-electron chi connectivity index (χ0n) is 23.7. The zero-order chi connectivity index (χ0) is 30.3. The van der Waals surface area contributed by atoms with E-state index in [9.17, 15) is 18.0 Å². The molecule has 2 aliphatic heterocycles. The molecule has 0 aliphatic carbocycles. The third-order valence-electron chi connectivity index (χ3n) is 7.64. The monoisotopic (exact) mass is 589 g/mol. The Morgan fingerprint density at radius 2 is 1.71 bits per heavy atom. The van der Waals surface area contributed by atoms with E-state index in [1.807, 2.05) is 19.0 Å². The molecule has 3 aromatic rings. The number of amides is 1. The summed E-state index contributed by atoms with van der Waals surface area (Å²) in [6, 6.07) is 8.73. The number of carbonyl (C=O) groups is 1. The maximum atomic E-state index is 15.1. The Kier molecular flexibility index (Phi) is 8.02. The molecule has 0 radical (unpaired) electrons. The summed E-state index contributed by atoms with van der Waals surface area (Å²) in [6.45, 7) is 4.45. The van der Waals surface area contributed by atoms with E-state index < -0.39 is 41.0 Å². The zero-order valence-corrected chi connectivity index (χ0v) is 23.7. The van der Waals surface area contributed by atoms with E-state index in [-0.39, 0.29) is 29.4 Å². The molecule has 7 nitrogen and oxygen atoms in total. The Hall–Kier alpha value is -3.93. The number of alkyl halides is 3. The van der Waals surface area contributed by atoms with Gasteiger partial charge in [0.05, 0.1) is 22.6 Å². The predicted molar refractivity (Wildman–Crippen MR) is 151 cm³/mol. The summed E-state index contributed by atoms with van der Waals surface area (Å²) in [6.07, 6.45) is -2.99. The molecule has 42 heavy (non-hydrogen) atoms. The van der Waals surface area contributed by atoms with Crippen LogP contribution in [0.2, 0.25) is 0 Å². The van der Waals surface area contributed by atoms with Gasteiger partial charge in [-0.3, -0.25) is 4.79 Å². The highest BCUT2D eigenvalue weighted by Crippen LogP contribution is 2.43. The van der Waals surface area contributed by atoms with Crippen LogP contribution in [0, 0.1) is 11.6 Å². The van der Waals surface area contributed by atoms with Gasteiger partial charge in [0.25, 0.3) is 5.91 Å². The van der Waals surface area contributed by atoms with Crippen LogP contribution in [0.3, 0.4) is 0 Å². The van der Waals surface area contributed by atoms with E-state index in [2.05, 4.69) is 15.2 Å². The van der Waals surface area contributed by atoms with Crippen LogP contribution >= 0.6 is 0 Å². The number of halogens is 5.